The fourth-order valence-corrected chi connectivity index (χ4v) is 1.70. The van der Waals surface area contributed by atoms with Crippen molar-refractivity contribution in [3.05, 3.63) is 18.5 Å². The van der Waals surface area contributed by atoms with Gasteiger partial charge in [-0.3, -0.25) is 9.48 Å². The van der Waals surface area contributed by atoms with Crippen LogP contribution in [0.15, 0.2) is 18.5 Å². The van der Waals surface area contributed by atoms with E-state index in [0.717, 1.165) is 0 Å². The van der Waals surface area contributed by atoms with Crippen molar-refractivity contribution in [1.29, 1.82) is 0 Å². The molecule has 2 N–H and O–H groups in total. The third-order valence-electron chi connectivity index (χ3n) is 3.03. The summed E-state index contributed by atoms with van der Waals surface area (Å²) >= 11 is 0. The fraction of sp³-hybridized carbons (Fsp3) is 0.667. The Bertz CT molecular complexity index is 419. The number of hydrogen-bond donors (Lipinski definition) is 2. The van der Waals surface area contributed by atoms with Gasteiger partial charge < -0.3 is 10.6 Å². The van der Waals surface area contributed by atoms with Crippen molar-refractivity contribution in [2.75, 3.05) is 6.54 Å². The third kappa shape index (κ3) is 5.20. The maximum atomic E-state index is 12.0. The average molecular weight is 292 g/mol. The number of carbonyl (C=O) groups excluding carboxylic acids is 1. The van der Waals surface area contributed by atoms with Gasteiger partial charge in [-0.15, -0.1) is 0 Å². The van der Waals surface area contributed by atoms with Crippen LogP contribution in [0.3, 0.4) is 0 Å². The molecule has 114 valence electrons. The Morgan fingerprint density at radius 1 is 1.35 bits per heavy atom. The zero-order valence-corrected chi connectivity index (χ0v) is 11.6. The molecule has 8 heteroatoms. The van der Waals surface area contributed by atoms with Gasteiger partial charge in [0.15, 0.2) is 0 Å². The van der Waals surface area contributed by atoms with Gasteiger partial charge in [-0.2, -0.15) is 18.3 Å². The molecule has 0 spiro atoms. The van der Waals surface area contributed by atoms with Crippen molar-refractivity contribution in [2.45, 2.75) is 45.1 Å². The molecule has 0 aliphatic heterocycles. The number of aromatic nitrogens is 2. The third-order valence-corrected chi connectivity index (χ3v) is 3.03. The van der Waals surface area contributed by atoms with Crippen LogP contribution in [-0.2, 0) is 4.79 Å². The molecule has 0 unspecified atom stereocenters. The second-order valence-electron chi connectivity index (χ2n) is 4.74. The second-order valence-corrected chi connectivity index (χ2v) is 4.74. The Kier molecular flexibility index (Phi) is 5.55. The number of amides is 1. The normalized spacial score (nSPS) is 16.5. The number of nitrogens with one attached hydrogen (secondary N) is 2. The lowest BCUT2D eigenvalue weighted by molar-refractivity contribution is -0.139. The topological polar surface area (TPSA) is 59.0 Å². The van der Waals surface area contributed by atoms with Crippen LogP contribution in [0.2, 0.25) is 0 Å². The van der Waals surface area contributed by atoms with E-state index < -0.39 is 24.7 Å². The number of hydrogen-bond acceptors (Lipinski definition) is 3. The van der Waals surface area contributed by atoms with Gasteiger partial charge in [0.25, 0.3) is 0 Å². The molecule has 1 aromatic rings. The predicted octanol–water partition coefficient (Wildman–Crippen LogP) is 1.49. The zero-order valence-electron chi connectivity index (χ0n) is 11.6. The van der Waals surface area contributed by atoms with Gasteiger partial charge in [-0.1, -0.05) is 0 Å². The molecule has 5 nitrogen and oxygen atoms in total. The van der Waals surface area contributed by atoms with Crippen LogP contribution in [0.1, 0.15) is 26.8 Å². The molecule has 0 aliphatic carbocycles. The number of carbonyl (C=O) groups is 1. The van der Waals surface area contributed by atoms with Gasteiger partial charge >= 0.3 is 6.18 Å². The molecule has 0 aliphatic rings. The first-order valence-electron chi connectivity index (χ1n) is 6.30. The first-order valence-corrected chi connectivity index (χ1v) is 6.30. The van der Waals surface area contributed by atoms with E-state index in [1.54, 1.807) is 23.1 Å². The largest absolute Gasteiger partial charge is 0.405 e. The van der Waals surface area contributed by atoms with Crippen molar-refractivity contribution < 1.29 is 18.0 Å². The standard InChI is InChI=1S/C12H19F3N4O/c1-8(10(3)19-6-4-5-17-19)18-9(2)11(20)16-7-12(13,14)15/h4-6,8-10,18H,7H2,1-3H3,(H,16,20)/t8-,9-,10+/m0/s1. The SMILES string of the molecule is C[C@H](N[C@@H](C)[C@@H](C)n1cccn1)C(=O)NCC(F)(F)F. The summed E-state index contributed by atoms with van der Waals surface area (Å²) < 4.78 is 37.7. The van der Waals surface area contributed by atoms with E-state index in [-0.39, 0.29) is 12.1 Å². The summed E-state index contributed by atoms with van der Waals surface area (Å²) in [5.74, 6) is -0.679. The summed E-state index contributed by atoms with van der Waals surface area (Å²) in [6.45, 7) is 3.96. The molecule has 20 heavy (non-hydrogen) atoms. The highest BCUT2D eigenvalue weighted by molar-refractivity contribution is 5.81. The number of nitrogens with zero attached hydrogens (tertiary/aromatic N) is 2. The quantitative estimate of drug-likeness (QED) is 0.835. The van der Waals surface area contributed by atoms with Crippen LogP contribution in [0.25, 0.3) is 0 Å². The number of alkyl halides is 3. The molecular formula is C12H19F3N4O. The minimum Gasteiger partial charge on any atom is -0.346 e. The Morgan fingerprint density at radius 3 is 2.50 bits per heavy atom. The molecule has 0 fully saturated rings. The monoisotopic (exact) mass is 292 g/mol. The molecule has 0 saturated carbocycles. The summed E-state index contributed by atoms with van der Waals surface area (Å²) in [5, 5.41) is 8.90. The lowest BCUT2D eigenvalue weighted by Crippen LogP contribution is -2.49. The molecule has 1 heterocycles. The Labute approximate surface area is 115 Å². The van der Waals surface area contributed by atoms with E-state index in [0.29, 0.717) is 0 Å². The number of halogens is 3. The van der Waals surface area contributed by atoms with Crippen LogP contribution in [0.5, 0.6) is 0 Å². The summed E-state index contributed by atoms with van der Waals surface area (Å²) in [4.78, 5) is 11.5. The highest BCUT2D eigenvalue weighted by Crippen LogP contribution is 2.12. The predicted molar refractivity (Wildman–Crippen MR) is 68.1 cm³/mol. The molecule has 0 radical (unpaired) electrons. The smallest absolute Gasteiger partial charge is 0.346 e. The Hall–Kier alpha value is -1.57. The van der Waals surface area contributed by atoms with Gasteiger partial charge in [0.05, 0.1) is 12.1 Å². The molecule has 0 bridgehead atoms. The lowest BCUT2D eigenvalue weighted by atomic mass is 10.1. The summed E-state index contributed by atoms with van der Waals surface area (Å²) in [7, 11) is 0. The van der Waals surface area contributed by atoms with Crippen molar-refractivity contribution in [3.63, 3.8) is 0 Å². The van der Waals surface area contributed by atoms with Crippen LogP contribution in [0.4, 0.5) is 13.2 Å². The molecule has 3 atom stereocenters. The Balaban J connectivity index is 2.44. The first-order chi connectivity index (χ1) is 9.20. The van der Waals surface area contributed by atoms with Crippen LogP contribution < -0.4 is 10.6 Å². The average Bonchev–Trinajstić information content (AvgIpc) is 2.87. The molecule has 1 aromatic heterocycles. The van der Waals surface area contributed by atoms with Crippen LogP contribution in [0, 0.1) is 0 Å². The van der Waals surface area contributed by atoms with Crippen molar-refractivity contribution in [2.24, 2.45) is 0 Å². The van der Waals surface area contributed by atoms with Crippen molar-refractivity contribution in [3.8, 4) is 0 Å². The van der Waals surface area contributed by atoms with Gasteiger partial charge in [0.1, 0.15) is 6.54 Å². The van der Waals surface area contributed by atoms with E-state index in [1.165, 1.54) is 6.92 Å². The van der Waals surface area contributed by atoms with Gasteiger partial charge in [-0.25, -0.2) is 0 Å². The Morgan fingerprint density at radius 2 is 2.00 bits per heavy atom. The molecule has 0 aromatic carbocycles. The lowest BCUT2D eigenvalue weighted by Gasteiger charge is -2.25. The maximum Gasteiger partial charge on any atom is 0.405 e. The summed E-state index contributed by atoms with van der Waals surface area (Å²) in [6.07, 6.45) is -0.969. The molecule has 1 amide bonds. The molecule has 0 saturated heterocycles. The van der Waals surface area contributed by atoms with Gasteiger partial charge in [0, 0.05) is 18.4 Å². The number of rotatable bonds is 6. The summed E-state index contributed by atoms with van der Waals surface area (Å²) in [5.41, 5.74) is 0. The zero-order chi connectivity index (χ0) is 15.3. The molecule has 1 rings (SSSR count). The van der Waals surface area contributed by atoms with Crippen LogP contribution >= 0.6 is 0 Å². The first kappa shape index (κ1) is 16.5. The maximum absolute atomic E-state index is 12.0. The van der Waals surface area contributed by atoms with Gasteiger partial charge in [-0.05, 0) is 26.8 Å². The minimum absolute atomic E-state index is 0.0251. The second kappa shape index (κ2) is 6.74. The van der Waals surface area contributed by atoms with E-state index >= 15 is 0 Å². The minimum atomic E-state index is -4.40. The fourth-order valence-electron chi connectivity index (χ4n) is 1.70. The van der Waals surface area contributed by atoms with Crippen molar-refractivity contribution >= 4 is 5.91 Å². The van der Waals surface area contributed by atoms with E-state index in [9.17, 15) is 18.0 Å². The van der Waals surface area contributed by atoms with Gasteiger partial charge in [0.2, 0.25) is 5.91 Å². The highest BCUT2D eigenvalue weighted by Gasteiger charge is 2.29. The highest BCUT2D eigenvalue weighted by atomic mass is 19.4. The van der Waals surface area contributed by atoms with E-state index in [1.807, 2.05) is 19.2 Å². The van der Waals surface area contributed by atoms with Crippen LogP contribution in [-0.4, -0.2) is 40.5 Å². The van der Waals surface area contributed by atoms with Crippen molar-refractivity contribution in [1.82, 2.24) is 20.4 Å². The summed E-state index contributed by atoms with van der Waals surface area (Å²) in [6, 6.07) is 0.914. The molecular weight excluding hydrogens is 273 g/mol. The van der Waals surface area contributed by atoms with E-state index in [2.05, 4.69) is 10.4 Å². The van der Waals surface area contributed by atoms with E-state index in [4.69, 9.17) is 0 Å².